The fraction of sp³-hybridized carbons (Fsp3) is 0.143. The molecule has 10 heteroatoms. The predicted molar refractivity (Wildman–Crippen MR) is 121 cm³/mol. The highest BCUT2D eigenvalue weighted by Gasteiger charge is 2.30. The molecule has 1 N–H and O–H groups in total. The number of nitriles is 1. The lowest BCUT2D eigenvalue weighted by molar-refractivity contribution is -0.121. The third kappa shape index (κ3) is 5.07. The highest BCUT2D eigenvalue weighted by atomic mass is 79.9. The number of ether oxygens (including phenoxy) is 2. The number of carbonyl (C=O) groups is 2. The summed E-state index contributed by atoms with van der Waals surface area (Å²) in [7, 11) is 3.11. The maximum Gasteiger partial charge on any atom is 0.335 e. The third-order valence-corrected chi connectivity index (χ3v) is 5.95. The van der Waals surface area contributed by atoms with Gasteiger partial charge in [0, 0.05) is 11.5 Å². The van der Waals surface area contributed by atoms with Gasteiger partial charge in [0.25, 0.3) is 5.91 Å². The number of amides is 1. The summed E-state index contributed by atoms with van der Waals surface area (Å²) < 4.78 is 11.3. The molecule has 158 valence electrons. The van der Waals surface area contributed by atoms with Gasteiger partial charge >= 0.3 is 5.97 Å². The second-order valence-electron chi connectivity index (χ2n) is 6.19. The van der Waals surface area contributed by atoms with Gasteiger partial charge in [0.15, 0.2) is 23.3 Å². The molecule has 0 radical (unpaired) electrons. The van der Waals surface area contributed by atoms with Gasteiger partial charge in [-0.25, -0.2) is 9.79 Å². The summed E-state index contributed by atoms with van der Waals surface area (Å²) in [5, 5.41) is 18.2. The smallest absolute Gasteiger partial charge is 0.335 e. The molecule has 1 aliphatic rings. The summed E-state index contributed by atoms with van der Waals surface area (Å²) >= 11 is 4.66. The Bertz CT molecular complexity index is 1140. The van der Waals surface area contributed by atoms with Crippen molar-refractivity contribution in [1.82, 2.24) is 4.90 Å². The van der Waals surface area contributed by atoms with Gasteiger partial charge in [0.05, 0.1) is 23.3 Å². The number of nitrogens with zero attached hydrogens (tertiary/aromatic N) is 3. The number of hydrogen-bond donors (Lipinski definition) is 1. The SMILES string of the molecule is COc1cc(/C=C2\SC(=Nc3ccc(C(=O)O)cc3)N(C)C2=O)c(Br)cc1OCC#N. The lowest BCUT2D eigenvalue weighted by atomic mass is 10.2. The topological polar surface area (TPSA) is 112 Å². The maximum atomic E-state index is 12.7. The molecule has 0 unspecified atom stereocenters. The number of carboxylic acids is 1. The van der Waals surface area contributed by atoms with Gasteiger partial charge in [-0.1, -0.05) is 15.9 Å². The zero-order valence-corrected chi connectivity index (χ0v) is 18.9. The molecule has 1 aliphatic heterocycles. The molecule has 8 nitrogen and oxygen atoms in total. The second kappa shape index (κ2) is 9.68. The molecule has 0 aliphatic carbocycles. The van der Waals surface area contributed by atoms with Crippen LogP contribution in [0.1, 0.15) is 15.9 Å². The van der Waals surface area contributed by atoms with Crippen molar-refractivity contribution in [3.63, 3.8) is 0 Å². The lowest BCUT2D eigenvalue weighted by Crippen LogP contribution is -2.23. The Morgan fingerprint density at radius 3 is 2.65 bits per heavy atom. The standard InChI is InChI=1S/C21H16BrN3O5S/c1-25-19(26)18(31-21(25)24-14-5-3-12(4-6-14)20(27)28)10-13-9-16(29-2)17(11-15(13)22)30-8-7-23/h3-6,9-11H,8H2,1-2H3,(H,27,28)/b18-10-,24-21?. The fourth-order valence-electron chi connectivity index (χ4n) is 2.63. The maximum absolute atomic E-state index is 12.7. The van der Waals surface area contributed by atoms with Crippen LogP contribution in [0.4, 0.5) is 5.69 Å². The van der Waals surface area contributed by atoms with Crippen molar-refractivity contribution in [2.45, 2.75) is 0 Å². The van der Waals surface area contributed by atoms with Crippen molar-refractivity contribution in [2.75, 3.05) is 20.8 Å². The van der Waals surface area contributed by atoms with Crippen LogP contribution < -0.4 is 9.47 Å². The van der Waals surface area contributed by atoms with E-state index in [0.717, 1.165) is 0 Å². The lowest BCUT2D eigenvalue weighted by Gasteiger charge is -2.11. The summed E-state index contributed by atoms with van der Waals surface area (Å²) in [4.78, 5) is 30.0. The zero-order chi connectivity index (χ0) is 22.5. The number of aliphatic imine (C=N–C) groups is 1. The summed E-state index contributed by atoms with van der Waals surface area (Å²) in [6.07, 6.45) is 1.71. The Labute approximate surface area is 190 Å². The van der Waals surface area contributed by atoms with Crippen LogP contribution in [0.15, 0.2) is 50.8 Å². The van der Waals surface area contributed by atoms with Crippen LogP contribution in [0.25, 0.3) is 6.08 Å². The van der Waals surface area contributed by atoms with E-state index in [4.69, 9.17) is 19.8 Å². The molecule has 0 saturated carbocycles. The van der Waals surface area contributed by atoms with Gasteiger partial charge in [-0.15, -0.1) is 0 Å². The Morgan fingerprint density at radius 2 is 2.03 bits per heavy atom. The highest BCUT2D eigenvalue weighted by Crippen LogP contribution is 2.38. The molecule has 2 aromatic carbocycles. The van der Waals surface area contributed by atoms with Crippen molar-refractivity contribution >= 4 is 56.5 Å². The molecular weight excluding hydrogens is 486 g/mol. The summed E-state index contributed by atoms with van der Waals surface area (Å²) in [5.74, 6) is -0.396. The highest BCUT2D eigenvalue weighted by molar-refractivity contribution is 9.10. The van der Waals surface area contributed by atoms with Gasteiger partial charge in [0.2, 0.25) is 0 Å². The normalized spacial score (nSPS) is 15.9. The van der Waals surface area contributed by atoms with E-state index in [9.17, 15) is 9.59 Å². The molecular formula is C21H16BrN3O5S. The molecule has 1 amide bonds. The van der Waals surface area contributed by atoms with E-state index in [1.807, 2.05) is 6.07 Å². The first kappa shape index (κ1) is 22.4. The van der Waals surface area contributed by atoms with Gasteiger partial charge < -0.3 is 14.6 Å². The van der Waals surface area contributed by atoms with Crippen LogP contribution in [0.3, 0.4) is 0 Å². The third-order valence-electron chi connectivity index (χ3n) is 4.20. The Morgan fingerprint density at radius 1 is 1.32 bits per heavy atom. The molecule has 0 atom stereocenters. The zero-order valence-electron chi connectivity index (χ0n) is 16.5. The number of carboxylic acid groups (broad SMARTS) is 1. The van der Waals surface area contributed by atoms with Crippen LogP contribution in [0, 0.1) is 11.3 Å². The Kier molecular flexibility index (Phi) is 6.99. The van der Waals surface area contributed by atoms with Crippen molar-refractivity contribution in [3.05, 3.63) is 56.9 Å². The van der Waals surface area contributed by atoms with Crippen LogP contribution in [0.5, 0.6) is 11.5 Å². The van der Waals surface area contributed by atoms with Crippen molar-refractivity contribution in [1.29, 1.82) is 5.26 Å². The monoisotopic (exact) mass is 501 g/mol. The number of thioether (sulfide) groups is 1. The average Bonchev–Trinajstić information content (AvgIpc) is 3.01. The molecule has 0 bridgehead atoms. The number of aromatic carboxylic acids is 1. The Balaban J connectivity index is 1.89. The largest absolute Gasteiger partial charge is 0.493 e. The fourth-order valence-corrected chi connectivity index (χ4v) is 4.04. The van der Waals surface area contributed by atoms with E-state index in [1.165, 1.54) is 35.9 Å². The van der Waals surface area contributed by atoms with Crippen LogP contribution in [0.2, 0.25) is 0 Å². The quantitative estimate of drug-likeness (QED) is 0.587. The first-order valence-electron chi connectivity index (χ1n) is 8.81. The van der Waals surface area contributed by atoms with Crippen LogP contribution in [-0.4, -0.2) is 47.8 Å². The number of likely N-dealkylation sites (N-methyl/N-ethyl adjacent to an activating group) is 1. The number of halogens is 1. The molecule has 0 spiro atoms. The molecule has 2 aromatic rings. The van der Waals surface area contributed by atoms with Gasteiger partial charge in [-0.3, -0.25) is 9.69 Å². The minimum absolute atomic E-state index is 0.115. The van der Waals surface area contributed by atoms with Crippen molar-refractivity contribution in [2.24, 2.45) is 4.99 Å². The first-order chi connectivity index (χ1) is 14.8. The first-order valence-corrected chi connectivity index (χ1v) is 10.4. The van der Waals surface area contributed by atoms with Crippen LogP contribution in [-0.2, 0) is 4.79 Å². The molecule has 0 aromatic heterocycles. The molecule has 3 rings (SSSR count). The average molecular weight is 502 g/mol. The van der Waals surface area contributed by atoms with E-state index in [1.54, 1.807) is 37.4 Å². The van der Waals surface area contributed by atoms with Gasteiger partial charge in [-0.05, 0) is 59.8 Å². The molecule has 1 fully saturated rings. The summed E-state index contributed by atoms with van der Waals surface area (Å²) in [6, 6.07) is 11.4. The van der Waals surface area contributed by atoms with E-state index < -0.39 is 5.97 Å². The number of methoxy groups -OCH3 is 1. The Hall–Kier alpha value is -3.29. The van der Waals surface area contributed by atoms with Crippen molar-refractivity contribution in [3.8, 4) is 17.6 Å². The molecule has 1 saturated heterocycles. The minimum atomic E-state index is -1.02. The molecule has 1 heterocycles. The number of carbonyl (C=O) groups excluding carboxylic acids is 1. The van der Waals surface area contributed by atoms with E-state index >= 15 is 0 Å². The number of amidine groups is 1. The molecule has 31 heavy (non-hydrogen) atoms. The number of rotatable bonds is 6. The number of hydrogen-bond acceptors (Lipinski definition) is 7. The second-order valence-corrected chi connectivity index (χ2v) is 8.06. The van der Waals surface area contributed by atoms with E-state index in [-0.39, 0.29) is 18.1 Å². The van der Waals surface area contributed by atoms with Crippen LogP contribution >= 0.6 is 27.7 Å². The summed E-state index contributed by atoms with van der Waals surface area (Å²) in [6.45, 7) is -0.115. The van der Waals surface area contributed by atoms with Gasteiger partial charge in [0.1, 0.15) is 6.07 Å². The minimum Gasteiger partial charge on any atom is -0.493 e. The van der Waals surface area contributed by atoms with Crippen molar-refractivity contribution < 1.29 is 24.2 Å². The van der Waals surface area contributed by atoms with Gasteiger partial charge in [-0.2, -0.15) is 5.26 Å². The number of benzene rings is 2. The van der Waals surface area contributed by atoms with E-state index in [0.29, 0.717) is 37.3 Å². The summed E-state index contributed by atoms with van der Waals surface area (Å²) in [5.41, 5.74) is 1.39. The van der Waals surface area contributed by atoms with E-state index in [2.05, 4.69) is 20.9 Å². The predicted octanol–water partition coefficient (Wildman–Crippen LogP) is 4.29.